The Hall–Kier alpha value is -5.77. The van der Waals surface area contributed by atoms with E-state index in [1.165, 1.54) is 64.9 Å². The number of nitrogens with zero attached hydrogens (tertiary/aromatic N) is 2. The molecule has 3 aromatic carbocycles. The van der Waals surface area contributed by atoms with Crippen LogP contribution in [0.1, 0.15) is 49.4 Å². The fraction of sp³-hybridized carbons (Fsp3) is 0.408. The number of benzene rings is 3. The van der Waals surface area contributed by atoms with Gasteiger partial charge in [0.25, 0.3) is 11.1 Å². The minimum absolute atomic E-state index is 0.0217. The van der Waals surface area contributed by atoms with Crippen molar-refractivity contribution in [3.8, 4) is 27.7 Å². The smallest absolute Gasteiger partial charge is 0.419 e. The number of hydrogen-bond acceptors (Lipinski definition) is 13. The molecule has 0 saturated carbocycles. The van der Waals surface area contributed by atoms with Crippen molar-refractivity contribution >= 4 is 58.0 Å². The van der Waals surface area contributed by atoms with Crippen molar-refractivity contribution in [2.75, 3.05) is 59.8 Å². The van der Waals surface area contributed by atoms with Gasteiger partial charge in [0.1, 0.15) is 24.4 Å². The Bertz CT molecular complexity index is 2490. The Kier molecular flexibility index (Phi) is 18.1. The Labute approximate surface area is 406 Å². The Morgan fingerprint density at radius 1 is 0.899 bits per heavy atom. The number of hydrogen-bond donors (Lipinski definition) is 3. The van der Waals surface area contributed by atoms with Gasteiger partial charge in [-0.25, -0.2) is 0 Å². The number of nitrogens with one attached hydrogen (secondary N) is 2. The average molecular weight is 997 g/mol. The molecule has 2 aliphatic heterocycles. The number of alkyl halides is 3. The lowest BCUT2D eigenvalue weighted by atomic mass is 9.85. The molecule has 0 spiro atoms. The molecule has 2 fully saturated rings. The third kappa shape index (κ3) is 14.2. The molecule has 69 heavy (non-hydrogen) atoms. The van der Waals surface area contributed by atoms with Crippen molar-refractivity contribution in [3.05, 3.63) is 105 Å². The molecule has 1 aromatic heterocycles. The molecule has 2 saturated heterocycles. The zero-order valence-electron chi connectivity index (χ0n) is 38.8. The van der Waals surface area contributed by atoms with Crippen LogP contribution in [0.25, 0.3) is 16.5 Å². The number of para-hydroxylation sites is 1. The SMILES string of the molecule is COc1cc(/C=C2\SC(=O)N(CCOCCOCCOCC(=O)N[C@H](C(=O)N3C[C@H](O)C[C@H]3C(=O)NCc3ccc(-c4sccc4C)cc3)C(C)(C)C)C2=O)ccc1Oc1ccccc1C(F)(F)F. The standard InChI is InChI=1S/C49H55F3N4O11S2/c1-30-16-23-68-42(30)33-13-10-31(11-14-33)27-53-44(59)36-26-34(57)28-56(36)46(61)43(48(2,3)4)54-41(58)29-66-22-21-65-20-19-64-18-17-55-45(60)40(69-47(55)62)25-32-12-15-38(39(24-32)63-5)67-37-9-7-6-8-35(37)49(50,51)52/h6-16,23-25,34,36,43,57H,17-22,26-29H2,1-5H3,(H,53,59)(H,54,58)/b40-25-/t34-,36+,43-/m1/s1. The van der Waals surface area contributed by atoms with Gasteiger partial charge in [-0.15, -0.1) is 11.3 Å². The van der Waals surface area contributed by atoms with Crippen LogP contribution in [0.3, 0.4) is 0 Å². The second-order valence-electron chi connectivity index (χ2n) is 17.2. The number of methoxy groups -OCH3 is 1. The van der Waals surface area contributed by atoms with Gasteiger partial charge in [0.15, 0.2) is 11.5 Å². The number of likely N-dealkylation sites (tertiary alicyclic amines) is 1. The molecule has 5 amide bonds. The van der Waals surface area contributed by atoms with Crippen molar-refractivity contribution in [1.82, 2.24) is 20.4 Å². The minimum Gasteiger partial charge on any atom is -0.493 e. The maximum atomic E-state index is 13.9. The molecule has 370 valence electrons. The average Bonchev–Trinajstić information content (AvgIpc) is 4.00. The van der Waals surface area contributed by atoms with E-state index in [-0.39, 0.29) is 82.1 Å². The molecule has 3 N–H and O–H groups in total. The number of aryl methyl sites for hydroxylation is 1. The number of carbonyl (C=O) groups is 5. The Morgan fingerprint density at radius 3 is 2.26 bits per heavy atom. The zero-order valence-corrected chi connectivity index (χ0v) is 40.4. The number of rotatable bonds is 21. The number of thiophene rings is 1. The van der Waals surface area contributed by atoms with Crippen LogP contribution < -0.4 is 20.1 Å². The number of aliphatic hydroxyl groups is 1. The van der Waals surface area contributed by atoms with Crippen LogP contribution in [0.5, 0.6) is 17.2 Å². The molecule has 0 radical (unpaired) electrons. The third-order valence-electron chi connectivity index (χ3n) is 11.0. The summed E-state index contributed by atoms with van der Waals surface area (Å²) in [6.07, 6.45) is -4.01. The summed E-state index contributed by atoms with van der Waals surface area (Å²) in [6.45, 7) is 7.71. The maximum Gasteiger partial charge on any atom is 0.419 e. The van der Waals surface area contributed by atoms with E-state index < -0.39 is 70.0 Å². The van der Waals surface area contributed by atoms with Crippen LogP contribution in [-0.4, -0.2) is 122 Å². The molecule has 0 aliphatic carbocycles. The van der Waals surface area contributed by atoms with Crippen LogP contribution in [0.15, 0.2) is 83.1 Å². The fourth-order valence-electron chi connectivity index (χ4n) is 7.44. The first-order chi connectivity index (χ1) is 32.8. The summed E-state index contributed by atoms with van der Waals surface area (Å²) in [6, 6.07) is 17.2. The van der Waals surface area contributed by atoms with E-state index in [1.54, 1.807) is 32.1 Å². The molecule has 3 atom stereocenters. The van der Waals surface area contributed by atoms with E-state index in [0.717, 1.165) is 33.9 Å². The summed E-state index contributed by atoms with van der Waals surface area (Å²) >= 11 is 2.39. The summed E-state index contributed by atoms with van der Waals surface area (Å²) in [4.78, 5) is 69.7. The van der Waals surface area contributed by atoms with E-state index in [9.17, 15) is 42.3 Å². The van der Waals surface area contributed by atoms with E-state index in [2.05, 4.69) is 23.6 Å². The van der Waals surface area contributed by atoms with Crippen LogP contribution in [-0.2, 0) is 46.1 Å². The third-order valence-corrected chi connectivity index (χ3v) is 13.0. The lowest BCUT2D eigenvalue weighted by Gasteiger charge is -2.35. The molecule has 20 heteroatoms. The van der Waals surface area contributed by atoms with Crippen LogP contribution >= 0.6 is 23.1 Å². The fourth-order valence-corrected chi connectivity index (χ4v) is 9.24. The highest BCUT2D eigenvalue weighted by atomic mass is 32.2. The van der Waals surface area contributed by atoms with Gasteiger partial charge >= 0.3 is 6.18 Å². The van der Waals surface area contributed by atoms with Crippen LogP contribution in [0, 0.1) is 12.3 Å². The maximum absolute atomic E-state index is 13.9. The van der Waals surface area contributed by atoms with Gasteiger partial charge in [-0.1, -0.05) is 63.2 Å². The summed E-state index contributed by atoms with van der Waals surface area (Å²) in [7, 11) is 1.32. The van der Waals surface area contributed by atoms with Crippen molar-refractivity contribution in [3.63, 3.8) is 0 Å². The van der Waals surface area contributed by atoms with E-state index in [1.807, 2.05) is 29.6 Å². The van der Waals surface area contributed by atoms with Gasteiger partial charge in [0, 0.05) is 24.4 Å². The van der Waals surface area contributed by atoms with Crippen molar-refractivity contribution < 1.29 is 65.9 Å². The lowest BCUT2D eigenvalue weighted by molar-refractivity contribution is -0.144. The molecule has 0 bridgehead atoms. The first kappa shape index (κ1) is 52.6. The van der Waals surface area contributed by atoms with Crippen molar-refractivity contribution in [2.45, 2.75) is 65.0 Å². The van der Waals surface area contributed by atoms with Crippen molar-refractivity contribution in [2.24, 2.45) is 5.41 Å². The second kappa shape index (κ2) is 23.7. The molecular formula is C49H55F3N4O11S2. The normalized spacial score (nSPS) is 17.4. The van der Waals surface area contributed by atoms with Gasteiger partial charge in [0.05, 0.1) is 63.3 Å². The first-order valence-electron chi connectivity index (χ1n) is 22.0. The van der Waals surface area contributed by atoms with Gasteiger partial charge in [-0.05, 0) is 88.1 Å². The van der Waals surface area contributed by atoms with Gasteiger partial charge in [-0.2, -0.15) is 13.2 Å². The summed E-state index contributed by atoms with van der Waals surface area (Å²) < 4.78 is 67.9. The number of halogens is 3. The van der Waals surface area contributed by atoms with E-state index >= 15 is 0 Å². The van der Waals surface area contributed by atoms with Crippen molar-refractivity contribution in [1.29, 1.82) is 0 Å². The highest BCUT2D eigenvalue weighted by Crippen LogP contribution is 2.41. The number of β-amino-alcohol motifs (C(OH)–C–C–N with tert-alkyl or cyclic N) is 1. The molecule has 3 heterocycles. The molecular weight excluding hydrogens is 942 g/mol. The van der Waals surface area contributed by atoms with Gasteiger partial charge in [-0.3, -0.25) is 28.9 Å². The predicted molar refractivity (Wildman–Crippen MR) is 253 cm³/mol. The van der Waals surface area contributed by atoms with Gasteiger partial charge < -0.3 is 44.3 Å². The topological polar surface area (TPSA) is 182 Å². The van der Waals surface area contributed by atoms with Gasteiger partial charge in [0.2, 0.25) is 17.7 Å². The number of imide groups is 1. The molecule has 15 nitrogen and oxygen atoms in total. The zero-order chi connectivity index (χ0) is 49.9. The number of thioether (sulfide) groups is 1. The first-order valence-corrected chi connectivity index (χ1v) is 23.7. The number of amides is 5. The Morgan fingerprint density at radius 2 is 1.59 bits per heavy atom. The Balaban J connectivity index is 0.874. The second-order valence-corrected chi connectivity index (χ2v) is 19.1. The largest absolute Gasteiger partial charge is 0.493 e. The number of carbonyl (C=O) groups excluding carboxylic acids is 5. The highest BCUT2D eigenvalue weighted by molar-refractivity contribution is 8.18. The van der Waals surface area contributed by atoms with Crippen LogP contribution in [0.2, 0.25) is 0 Å². The monoisotopic (exact) mass is 996 g/mol. The molecule has 0 unspecified atom stereocenters. The van der Waals surface area contributed by atoms with E-state index in [4.69, 9.17) is 23.7 Å². The predicted octanol–water partition coefficient (Wildman–Crippen LogP) is 7.44. The number of ether oxygens (including phenoxy) is 5. The lowest BCUT2D eigenvalue weighted by Crippen LogP contribution is -2.58. The van der Waals surface area contributed by atoms with E-state index in [0.29, 0.717) is 5.56 Å². The highest BCUT2D eigenvalue weighted by Gasteiger charge is 2.44. The molecule has 4 aromatic rings. The summed E-state index contributed by atoms with van der Waals surface area (Å²) in [5, 5.41) is 17.7. The summed E-state index contributed by atoms with van der Waals surface area (Å²) in [5.74, 6) is -2.25. The molecule has 2 aliphatic rings. The minimum atomic E-state index is -4.63. The summed E-state index contributed by atoms with van der Waals surface area (Å²) in [5.41, 5.74) is 1.91. The quantitative estimate of drug-likeness (QED) is 0.0556. The van der Waals surface area contributed by atoms with Crippen LogP contribution in [0.4, 0.5) is 18.0 Å². The molecule has 6 rings (SSSR count). The number of aliphatic hydroxyl groups excluding tert-OH is 1.